The average molecular weight is 351 g/mol. The minimum absolute atomic E-state index is 0.0954. The molecule has 3 rings (SSSR count). The summed E-state index contributed by atoms with van der Waals surface area (Å²) in [5, 5.41) is 10.5. The summed E-state index contributed by atoms with van der Waals surface area (Å²) >= 11 is 0. The molecule has 1 amide bonds. The van der Waals surface area contributed by atoms with Crippen molar-refractivity contribution in [1.29, 1.82) is 0 Å². The van der Waals surface area contributed by atoms with E-state index in [1.807, 2.05) is 30.3 Å². The van der Waals surface area contributed by atoms with Crippen molar-refractivity contribution in [2.24, 2.45) is 0 Å². The standard InChI is InChI=1S/C18H16F3NO3/c19-18(20,21)15-8-4-7-14(9-15)17(24)11-22(12-17)16(23)25-10-13-5-2-1-3-6-13/h1-9,24H,10-12H2. The summed E-state index contributed by atoms with van der Waals surface area (Å²) in [6, 6.07) is 13.6. The fourth-order valence-electron chi connectivity index (χ4n) is 2.69. The lowest BCUT2D eigenvalue weighted by molar-refractivity contribution is -0.138. The summed E-state index contributed by atoms with van der Waals surface area (Å²) in [7, 11) is 0. The highest BCUT2D eigenvalue weighted by Crippen LogP contribution is 2.36. The zero-order valence-corrected chi connectivity index (χ0v) is 13.2. The highest BCUT2D eigenvalue weighted by atomic mass is 19.4. The molecule has 1 aliphatic heterocycles. The van der Waals surface area contributed by atoms with Crippen molar-refractivity contribution in [1.82, 2.24) is 4.90 Å². The van der Waals surface area contributed by atoms with Crippen LogP contribution in [-0.2, 0) is 23.1 Å². The lowest BCUT2D eigenvalue weighted by Crippen LogP contribution is -2.61. The maximum atomic E-state index is 12.8. The number of hydrogen-bond acceptors (Lipinski definition) is 3. The number of carbonyl (C=O) groups excluding carboxylic acids is 1. The second-order valence-corrected chi connectivity index (χ2v) is 6.01. The molecule has 2 aromatic rings. The van der Waals surface area contributed by atoms with Crippen LogP contribution in [0.15, 0.2) is 54.6 Å². The molecule has 1 aliphatic rings. The van der Waals surface area contributed by atoms with Crippen LogP contribution >= 0.6 is 0 Å². The summed E-state index contributed by atoms with van der Waals surface area (Å²) < 4.78 is 43.5. The minimum Gasteiger partial charge on any atom is -0.445 e. The first kappa shape index (κ1) is 17.3. The predicted octanol–water partition coefficient (Wildman–Crippen LogP) is 3.55. The number of nitrogens with zero attached hydrogens (tertiary/aromatic N) is 1. The molecule has 1 fully saturated rings. The van der Waals surface area contributed by atoms with Gasteiger partial charge in [0.2, 0.25) is 0 Å². The first-order valence-electron chi connectivity index (χ1n) is 7.64. The fraction of sp³-hybridized carbons (Fsp3) is 0.278. The van der Waals surface area contributed by atoms with Gasteiger partial charge in [-0.1, -0.05) is 42.5 Å². The number of benzene rings is 2. The van der Waals surface area contributed by atoms with Crippen LogP contribution in [0.2, 0.25) is 0 Å². The van der Waals surface area contributed by atoms with Crippen LogP contribution in [-0.4, -0.2) is 29.2 Å². The molecule has 1 N–H and O–H groups in total. The number of halogens is 3. The molecule has 0 atom stereocenters. The molecule has 132 valence electrons. The molecule has 0 aliphatic carbocycles. The van der Waals surface area contributed by atoms with Gasteiger partial charge in [-0.3, -0.25) is 0 Å². The quantitative estimate of drug-likeness (QED) is 0.920. The van der Waals surface area contributed by atoms with Gasteiger partial charge in [0.25, 0.3) is 0 Å². The van der Waals surface area contributed by atoms with Gasteiger partial charge in [0.15, 0.2) is 0 Å². The summed E-state index contributed by atoms with van der Waals surface area (Å²) in [5.74, 6) is 0. The number of β-amino-alcohol motifs (C(OH)–C–C–N with tert-alkyl or cyclic N) is 1. The summed E-state index contributed by atoms with van der Waals surface area (Å²) in [6.07, 6.45) is -5.09. The van der Waals surface area contributed by atoms with E-state index in [0.717, 1.165) is 17.7 Å². The van der Waals surface area contributed by atoms with Gasteiger partial charge in [-0.25, -0.2) is 4.79 Å². The van der Waals surface area contributed by atoms with E-state index in [0.29, 0.717) is 0 Å². The summed E-state index contributed by atoms with van der Waals surface area (Å²) in [4.78, 5) is 13.2. The monoisotopic (exact) mass is 351 g/mol. The first-order valence-corrected chi connectivity index (χ1v) is 7.64. The topological polar surface area (TPSA) is 49.8 Å². The van der Waals surface area contributed by atoms with Gasteiger partial charge in [0.1, 0.15) is 12.2 Å². The maximum Gasteiger partial charge on any atom is 0.416 e. The zero-order valence-electron chi connectivity index (χ0n) is 13.2. The Labute approximate surface area is 142 Å². The summed E-state index contributed by atoms with van der Waals surface area (Å²) in [5.41, 5.74) is -1.37. The van der Waals surface area contributed by atoms with E-state index < -0.39 is 23.4 Å². The van der Waals surface area contributed by atoms with Crippen LogP contribution in [0.4, 0.5) is 18.0 Å². The number of rotatable bonds is 3. The maximum absolute atomic E-state index is 12.8. The van der Waals surface area contributed by atoms with Crippen LogP contribution in [0.3, 0.4) is 0 Å². The second kappa shape index (κ2) is 6.40. The third-order valence-corrected chi connectivity index (χ3v) is 4.10. The SMILES string of the molecule is O=C(OCc1ccccc1)N1CC(O)(c2cccc(C(F)(F)F)c2)C1. The predicted molar refractivity (Wildman–Crippen MR) is 83.5 cm³/mol. The number of likely N-dealkylation sites (tertiary alicyclic amines) is 1. The van der Waals surface area contributed by atoms with Gasteiger partial charge in [0.05, 0.1) is 18.7 Å². The van der Waals surface area contributed by atoms with Gasteiger partial charge in [-0.2, -0.15) is 13.2 Å². The third kappa shape index (κ3) is 3.76. The van der Waals surface area contributed by atoms with Gasteiger partial charge in [-0.15, -0.1) is 0 Å². The van der Waals surface area contributed by atoms with E-state index in [1.165, 1.54) is 17.0 Å². The van der Waals surface area contributed by atoms with Gasteiger partial charge in [-0.05, 0) is 23.3 Å². The third-order valence-electron chi connectivity index (χ3n) is 4.10. The molecule has 25 heavy (non-hydrogen) atoms. The van der Waals surface area contributed by atoms with Crippen molar-refractivity contribution in [2.45, 2.75) is 18.4 Å². The summed E-state index contributed by atoms with van der Waals surface area (Å²) in [6.45, 7) is -0.123. The van der Waals surface area contributed by atoms with Crippen LogP contribution < -0.4 is 0 Å². The Kier molecular flexibility index (Phi) is 4.43. The minimum atomic E-state index is -4.48. The largest absolute Gasteiger partial charge is 0.445 e. The number of amides is 1. The highest BCUT2D eigenvalue weighted by molar-refractivity contribution is 5.69. The Morgan fingerprint density at radius 1 is 1.12 bits per heavy atom. The molecule has 0 spiro atoms. The van der Waals surface area contributed by atoms with E-state index in [1.54, 1.807) is 0 Å². The molecule has 0 bridgehead atoms. The highest BCUT2D eigenvalue weighted by Gasteiger charge is 2.46. The van der Waals surface area contributed by atoms with Gasteiger partial charge in [0, 0.05) is 0 Å². The lowest BCUT2D eigenvalue weighted by Gasteiger charge is -2.45. The Morgan fingerprint density at radius 3 is 2.44 bits per heavy atom. The molecule has 0 radical (unpaired) electrons. The Morgan fingerprint density at radius 2 is 1.80 bits per heavy atom. The van der Waals surface area contributed by atoms with E-state index in [4.69, 9.17) is 4.74 Å². The fourth-order valence-corrected chi connectivity index (χ4v) is 2.69. The molecule has 0 saturated carbocycles. The molecule has 0 unspecified atom stereocenters. The second-order valence-electron chi connectivity index (χ2n) is 6.01. The zero-order chi connectivity index (χ0) is 18.1. The van der Waals surface area contributed by atoms with Gasteiger partial charge < -0.3 is 14.7 Å². The Hall–Kier alpha value is -2.54. The molecule has 2 aromatic carbocycles. The van der Waals surface area contributed by atoms with Crippen molar-refractivity contribution in [3.8, 4) is 0 Å². The number of ether oxygens (including phenoxy) is 1. The lowest BCUT2D eigenvalue weighted by atomic mass is 9.85. The van der Waals surface area contributed by atoms with E-state index in [9.17, 15) is 23.1 Å². The number of hydrogen-bond donors (Lipinski definition) is 1. The van der Waals surface area contributed by atoms with Crippen molar-refractivity contribution in [3.63, 3.8) is 0 Å². The number of aliphatic hydroxyl groups is 1. The smallest absolute Gasteiger partial charge is 0.416 e. The normalized spacial score (nSPS) is 16.2. The van der Waals surface area contributed by atoms with Gasteiger partial charge >= 0.3 is 12.3 Å². The van der Waals surface area contributed by atoms with Crippen molar-refractivity contribution in [2.75, 3.05) is 13.1 Å². The number of carbonyl (C=O) groups is 1. The van der Waals surface area contributed by atoms with Crippen LogP contribution in [0, 0.1) is 0 Å². The molecule has 4 nitrogen and oxygen atoms in total. The molecule has 1 heterocycles. The Balaban J connectivity index is 1.60. The van der Waals surface area contributed by atoms with E-state index in [-0.39, 0.29) is 25.3 Å². The molecular formula is C18H16F3NO3. The number of alkyl halides is 3. The van der Waals surface area contributed by atoms with Crippen LogP contribution in [0.5, 0.6) is 0 Å². The van der Waals surface area contributed by atoms with Crippen LogP contribution in [0.1, 0.15) is 16.7 Å². The van der Waals surface area contributed by atoms with Crippen molar-refractivity contribution in [3.05, 3.63) is 71.3 Å². The van der Waals surface area contributed by atoms with Crippen molar-refractivity contribution >= 4 is 6.09 Å². The van der Waals surface area contributed by atoms with E-state index in [2.05, 4.69) is 0 Å². The Bertz CT molecular complexity index is 756. The molecule has 0 aromatic heterocycles. The van der Waals surface area contributed by atoms with E-state index >= 15 is 0 Å². The van der Waals surface area contributed by atoms with Crippen molar-refractivity contribution < 1.29 is 27.8 Å². The molecule has 1 saturated heterocycles. The first-order chi connectivity index (χ1) is 11.8. The molecule has 7 heteroatoms. The van der Waals surface area contributed by atoms with Crippen LogP contribution in [0.25, 0.3) is 0 Å². The molecular weight excluding hydrogens is 335 g/mol. The average Bonchev–Trinajstić information content (AvgIpc) is 2.57.